The van der Waals surface area contributed by atoms with E-state index in [4.69, 9.17) is 5.73 Å². The topological polar surface area (TPSA) is 77.1 Å². The number of rotatable bonds is 8. The summed E-state index contributed by atoms with van der Waals surface area (Å²) in [6.07, 6.45) is 4.58. The van der Waals surface area contributed by atoms with Crippen molar-refractivity contribution < 1.29 is 8.42 Å². The molecule has 0 fully saturated rings. The van der Waals surface area contributed by atoms with E-state index in [2.05, 4.69) is 4.72 Å². The van der Waals surface area contributed by atoms with Gasteiger partial charge in [0.15, 0.2) is 0 Å². The Balaban J connectivity index is 2.92. The third-order valence-corrected chi connectivity index (χ3v) is 5.80. The molecular formula is C13H25N3O2S2. The van der Waals surface area contributed by atoms with Gasteiger partial charge in [-0.05, 0) is 32.6 Å². The summed E-state index contributed by atoms with van der Waals surface area (Å²) < 4.78 is 29.1. The zero-order chi connectivity index (χ0) is 15.4. The van der Waals surface area contributed by atoms with Gasteiger partial charge in [-0.25, -0.2) is 13.1 Å². The standard InChI is InChI=1S/C13H25N3O2S2/c1-5-6-16-9-12(7-11(16)8-14)20(17,18)15-10-13(2,3)19-4/h7,9,15H,5-6,8,10,14H2,1-4H3. The maximum atomic E-state index is 12.3. The van der Waals surface area contributed by atoms with Crippen LogP contribution in [0.25, 0.3) is 0 Å². The van der Waals surface area contributed by atoms with Crippen LogP contribution >= 0.6 is 11.8 Å². The normalized spacial score (nSPS) is 12.8. The lowest BCUT2D eigenvalue weighted by Gasteiger charge is -2.21. The van der Waals surface area contributed by atoms with Crippen LogP contribution in [-0.2, 0) is 23.1 Å². The van der Waals surface area contributed by atoms with E-state index >= 15 is 0 Å². The number of nitrogens with one attached hydrogen (secondary N) is 1. The lowest BCUT2D eigenvalue weighted by Crippen LogP contribution is -2.35. The number of sulfonamides is 1. The zero-order valence-electron chi connectivity index (χ0n) is 12.6. The number of nitrogens with two attached hydrogens (primary N) is 1. The van der Waals surface area contributed by atoms with Crippen molar-refractivity contribution in [3.8, 4) is 0 Å². The van der Waals surface area contributed by atoms with Gasteiger partial charge >= 0.3 is 0 Å². The smallest absolute Gasteiger partial charge is 0.242 e. The maximum Gasteiger partial charge on any atom is 0.242 e. The predicted molar refractivity (Wildman–Crippen MR) is 85.4 cm³/mol. The molecule has 0 spiro atoms. The molecule has 5 nitrogen and oxygen atoms in total. The van der Waals surface area contributed by atoms with Gasteiger partial charge in [0.05, 0.1) is 4.90 Å². The number of nitrogens with zero attached hydrogens (tertiary/aromatic N) is 1. The molecule has 1 aromatic rings. The molecule has 1 heterocycles. The molecule has 116 valence electrons. The highest BCUT2D eigenvalue weighted by Gasteiger charge is 2.22. The Morgan fingerprint density at radius 1 is 1.45 bits per heavy atom. The summed E-state index contributed by atoms with van der Waals surface area (Å²) in [6, 6.07) is 1.66. The lowest BCUT2D eigenvalue weighted by molar-refractivity contribution is 0.570. The minimum atomic E-state index is -3.47. The first-order valence-corrected chi connectivity index (χ1v) is 9.40. The van der Waals surface area contributed by atoms with Crippen molar-refractivity contribution in [2.24, 2.45) is 5.73 Å². The molecule has 0 aromatic carbocycles. The molecule has 0 atom stereocenters. The Kier molecular flexibility index (Phi) is 6.12. The Bertz CT molecular complexity index is 536. The summed E-state index contributed by atoms with van der Waals surface area (Å²) in [4.78, 5) is 0.295. The molecule has 7 heteroatoms. The lowest BCUT2D eigenvalue weighted by atomic mass is 10.2. The zero-order valence-corrected chi connectivity index (χ0v) is 14.3. The minimum Gasteiger partial charge on any atom is -0.349 e. The van der Waals surface area contributed by atoms with Gasteiger partial charge in [-0.1, -0.05) is 6.92 Å². The van der Waals surface area contributed by atoms with Crippen LogP contribution in [0.2, 0.25) is 0 Å². The van der Waals surface area contributed by atoms with Crippen molar-refractivity contribution in [3.63, 3.8) is 0 Å². The van der Waals surface area contributed by atoms with E-state index in [0.717, 1.165) is 18.7 Å². The minimum absolute atomic E-state index is 0.129. The quantitative estimate of drug-likeness (QED) is 0.765. The largest absolute Gasteiger partial charge is 0.349 e. The number of hydrogen-bond donors (Lipinski definition) is 2. The first-order chi connectivity index (χ1) is 9.25. The molecule has 0 radical (unpaired) electrons. The van der Waals surface area contributed by atoms with Crippen LogP contribution < -0.4 is 10.5 Å². The summed E-state index contributed by atoms with van der Waals surface area (Å²) in [5, 5.41) is 0. The highest BCUT2D eigenvalue weighted by Crippen LogP contribution is 2.21. The fourth-order valence-corrected chi connectivity index (χ4v) is 3.30. The van der Waals surface area contributed by atoms with E-state index in [9.17, 15) is 8.42 Å². The molecule has 0 aliphatic rings. The van der Waals surface area contributed by atoms with Crippen LogP contribution in [0.3, 0.4) is 0 Å². The third-order valence-electron chi connectivity index (χ3n) is 3.19. The van der Waals surface area contributed by atoms with Crippen LogP contribution in [0.4, 0.5) is 0 Å². The fraction of sp³-hybridized carbons (Fsp3) is 0.692. The van der Waals surface area contributed by atoms with Crippen molar-refractivity contribution in [2.75, 3.05) is 12.8 Å². The summed E-state index contributed by atoms with van der Waals surface area (Å²) in [7, 11) is -3.47. The average Bonchev–Trinajstić information content (AvgIpc) is 2.81. The summed E-state index contributed by atoms with van der Waals surface area (Å²) in [6.45, 7) is 7.58. The summed E-state index contributed by atoms with van der Waals surface area (Å²) in [5.74, 6) is 0. The van der Waals surface area contributed by atoms with Crippen molar-refractivity contribution in [1.82, 2.24) is 9.29 Å². The van der Waals surface area contributed by atoms with Crippen molar-refractivity contribution >= 4 is 21.8 Å². The summed E-state index contributed by atoms with van der Waals surface area (Å²) in [5.41, 5.74) is 6.51. The SMILES string of the molecule is CCCn1cc(S(=O)(=O)NCC(C)(C)SC)cc1CN. The Morgan fingerprint density at radius 3 is 2.60 bits per heavy atom. The molecule has 1 aromatic heterocycles. The van der Waals surface area contributed by atoms with Gasteiger partial charge < -0.3 is 10.3 Å². The van der Waals surface area contributed by atoms with Crippen LogP contribution in [0.5, 0.6) is 0 Å². The summed E-state index contributed by atoms with van der Waals surface area (Å²) >= 11 is 1.63. The van der Waals surface area contributed by atoms with Gasteiger partial charge in [0.1, 0.15) is 0 Å². The van der Waals surface area contributed by atoms with Gasteiger partial charge in [-0.2, -0.15) is 11.8 Å². The molecule has 1 rings (SSSR count). The van der Waals surface area contributed by atoms with Crippen molar-refractivity contribution in [3.05, 3.63) is 18.0 Å². The molecule has 0 aliphatic heterocycles. The van der Waals surface area contributed by atoms with Crippen LogP contribution in [0, 0.1) is 0 Å². The van der Waals surface area contributed by atoms with E-state index in [-0.39, 0.29) is 4.75 Å². The molecule has 0 saturated heterocycles. The molecule has 0 amide bonds. The molecule has 20 heavy (non-hydrogen) atoms. The van der Waals surface area contributed by atoms with Gasteiger partial charge in [-0.15, -0.1) is 0 Å². The van der Waals surface area contributed by atoms with Gasteiger partial charge in [-0.3, -0.25) is 0 Å². The van der Waals surface area contributed by atoms with Crippen LogP contribution in [-0.4, -0.2) is 30.5 Å². The van der Waals surface area contributed by atoms with Gasteiger partial charge in [0.2, 0.25) is 10.0 Å². The first-order valence-electron chi connectivity index (χ1n) is 6.69. The molecule has 0 aliphatic carbocycles. The molecule has 0 saturated carbocycles. The van der Waals surface area contributed by atoms with Gasteiger partial charge in [0.25, 0.3) is 0 Å². The first kappa shape index (κ1) is 17.6. The van der Waals surface area contributed by atoms with Crippen LogP contribution in [0.15, 0.2) is 17.2 Å². The monoisotopic (exact) mass is 319 g/mol. The number of hydrogen-bond acceptors (Lipinski definition) is 4. The van der Waals surface area contributed by atoms with E-state index in [1.165, 1.54) is 0 Å². The van der Waals surface area contributed by atoms with E-state index in [1.807, 2.05) is 31.6 Å². The second kappa shape index (κ2) is 6.98. The van der Waals surface area contributed by atoms with Crippen LogP contribution in [0.1, 0.15) is 32.9 Å². The van der Waals surface area contributed by atoms with E-state index in [1.54, 1.807) is 24.0 Å². The Hall–Kier alpha value is -0.500. The van der Waals surface area contributed by atoms with E-state index < -0.39 is 10.0 Å². The highest BCUT2D eigenvalue weighted by molar-refractivity contribution is 8.00. The fourth-order valence-electron chi connectivity index (χ4n) is 1.72. The number of thioether (sulfide) groups is 1. The Morgan fingerprint density at radius 2 is 2.10 bits per heavy atom. The second-order valence-corrected chi connectivity index (χ2v) is 8.63. The number of aromatic nitrogens is 1. The van der Waals surface area contributed by atoms with Crippen molar-refractivity contribution in [1.29, 1.82) is 0 Å². The van der Waals surface area contributed by atoms with E-state index in [0.29, 0.717) is 18.0 Å². The van der Waals surface area contributed by atoms with Crippen molar-refractivity contribution in [2.45, 2.75) is 49.9 Å². The van der Waals surface area contributed by atoms with Gasteiger partial charge in [0, 0.05) is 36.3 Å². The third kappa shape index (κ3) is 4.51. The molecular weight excluding hydrogens is 294 g/mol. The Labute approximate surface area is 126 Å². The maximum absolute atomic E-state index is 12.3. The number of aryl methyl sites for hydroxylation is 1. The molecule has 0 unspecified atom stereocenters. The molecule has 0 bridgehead atoms. The molecule has 3 N–H and O–H groups in total. The predicted octanol–water partition coefficient (Wildman–Crippen LogP) is 1.78. The highest BCUT2D eigenvalue weighted by atomic mass is 32.2. The average molecular weight is 319 g/mol. The second-order valence-electron chi connectivity index (χ2n) is 5.35.